The molecule has 1 fully saturated rings. The van der Waals surface area contributed by atoms with Gasteiger partial charge >= 0.3 is 6.18 Å². The maximum atomic E-state index is 13.3. The number of nitrogens with one attached hydrogen (secondary N) is 2. The van der Waals surface area contributed by atoms with Crippen LogP contribution in [0.5, 0.6) is 0 Å². The summed E-state index contributed by atoms with van der Waals surface area (Å²) in [6.45, 7) is 0.555. The van der Waals surface area contributed by atoms with E-state index in [4.69, 9.17) is 0 Å². The van der Waals surface area contributed by atoms with Gasteiger partial charge in [-0.3, -0.25) is 20.7 Å². The second-order valence-electron chi connectivity index (χ2n) is 4.71. The highest BCUT2D eigenvalue weighted by atomic mass is 19.4. The molecular formula is C12H14F3N3O2. The van der Waals surface area contributed by atoms with Crippen LogP contribution >= 0.6 is 0 Å². The first-order valence-electron chi connectivity index (χ1n) is 6.14. The normalized spacial score (nSPS) is 18.8. The molecule has 0 saturated carbocycles. The molecule has 0 aliphatic carbocycles. The summed E-state index contributed by atoms with van der Waals surface area (Å²) in [5.74, 6) is 0. The Balaban J connectivity index is 2.22. The number of rotatable bonds is 3. The third-order valence-electron chi connectivity index (χ3n) is 3.31. The van der Waals surface area contributed by atoms with Gasteiger partial charge in [-0.2, -0.15) is 13.2 Å². The zero-order valence-electron chi connectivity index (χ0n) is 10.5. The first-order chi connectivity index (χ1) is 9.34. The van der Waals surface area contributed by atoms with E-state index in [1.807, 2.05) is 0 Å². The van der Waals surface area contributed by atoms with Gasteiger partial charge in [-0.1, -0.05) is 12.1 Å². The molecule has 20 heavy (non-hydrogen) atoms. The van der Waals surface area contributed by atoms with Crippen LogP contribution in [-0.4, -0.2) is 29.9 Å². The Morgan fingerprint density at radius 1 is 1.20 bits per heavy atom. The van der Waals surface area contributed by atoms with Crippen LogP contribution in [0.3, 0.4) is 0 Å². The molecule has 5 nitrogen and oxygen atoms in total. The molecule has 110 valence electrons. The summed E-state index contributed by atoms with van der Waals surface area (Å²) in [7, 11) is 0. The van der Waals surface area contributed by atoms with Crippen LogP contribution in [0, 0.1) is 10.1 Å². The van der Waals surface area contributed by atoms with Gasteiger partial charge in [0, 0.05) is 18.6 Å². The molecule has 0 radical (unpaired) electrons. The molecule has 0 atom stereocenters. The van der Waals surface area contributed by atoms with Crippen molar-refractivity contribution in [2.24, 2.45) is 0 Å². The van der Waals surface area contributed by atoms with Gasteiger partial charge in [-0.05, 0) is 25.1 Å². The zero-order chi connectivity index (χ0) is 14.8. The second-order valence-corrected chi connectivity index (χ2v) is 4.71. The van der Waals surface area contributed by atoms with E-state index in [-0.39, 0.29) is 25.2 Å². The molecule has 2 N–H and O–H groups in total. The fraction of sp³-hybridized carbons (Fsp3) is 0.500. The van der Waals surface area contributed by atoms with Gasteiger partial charge in [0.05, 0.1) is 4.92 Å². The van der Waals surface area contributed by atoms with Crippen molar-refractivity contribution in [3.8, 4) is 0 Å². The minimum Gasteiger partial charge on any atom is -0.291 e. The Bertz CT molecular complexity index is 482. The van der Waals surface area contributed by atoms with Crippen molar-refractivity contribution in [3.05, 3.63) is 39.9 Å². The maximum Gasteiger partial charge on any atom is 0.420 e. The SMILES string of the molecule is O=[N+]([O-])c1ccc(CC2(C(F)(F)F)NCCCN2)cc1. The molecule has 1 aliphatic rings. The van der Waals surface area contributed by atoms with Gasteiger partial charge in [0.2, 0.25) is 0 Å². The summed E-state index contributed by atoms with van der Waals surface area (Å²) < 4.78 is 39.8. The Labute approximate surface area is 113 Å². The van der Waals surface area contributed by atoms with Crippen molar-refractivity contribution < 1.29 is 18.1 Å². The highest BCUT2D eigenvalue weighted by molar-refractivity contribution is 5.33. The van der Waals surface area contributed by atoms with E-state index in [1.54, 1.807) is 0 Å². The van der Waals surface area contributed by atoms with Crippen molar-refractivity contribution in [2.75, 3.05) is 13.1 Å². The van der Waals surface area contributed by atoms with E-state index in [0.717, 1.165) is 0 Å². The lowest BCUT2D eigenvalue weighted by molar-refractivity contribution is -0.384. The predicted octanol–water partition coefficient (Wildman–Crippen LogP) is 1.98. The minimum atomic E-state index is -4.45. The third kappa shape index (κ3) is 2.91. The molecule has 1 saturated heterocycles. The zero-order valence-corrected chi connectivity index (χ0v) is 10.5. The smallest absolute Gasteiger partial charge is 0.291 e. The number of alkyl halides is 3. The third-order valence-corrected chi connectivity index (χ3v) is 3.31. The summed E-state index contributed by atoms with van der Waals surface area (Å²) in [4.78, 5) is 9.94. The van der Waals surface area contributed by atoms with Gasteiger partial charge in [-0.15, -0.1) is 0 Å². The first-order valence-corrected chi connectivity index (χ1v) is 6.14. The fourth-order valence-electron chi connectivity index (χ4n) is 2.22. The maximum absolute atomic E-state index is 13.3. The number of benzene rings is 1. The lowest BCUT2D eigenvalue weighted by Gasteiger charge is -2.40. The molecule has 1 aliphatic heterocycles. The van der Waals surface area contributed by atoms with Gasteiger partial charge in [0.25, 0.3) is 5.69 Å². The monoisotopic (exact) mass is 289 g/mol. The Morgan fingerprint density at radius 3 is 2.20 bits per heavy atom. The summed E-state index contributed by atoms with van der Waals surface area (Å²) in [6.07, 6.45) is -4.14. The van der Waals surface area contributed by atoms with E-state index in [2.05, 4.69) is 10.6 Å². The Hall–Kier alpha value is -1.67. The molecule has 8 heteroatoms. The molecular weight excluding hydrogens is 275 g/mol. The quantitative estimate of drug-likeness (QED) is 0.659. The van der Waals surface area contributed by atoms with Crippen LogP contribution in [0.15, 0.2) is 24.3 Å². The van der Waals surface area contributed by atoms with E-state index in [1.165, 1.54) is 24.3 Å². The first kappa shape index (κ1) is 14.7. The number of hydrogen-bond donors (Lipinski definition) is 2. The van der Waals surface area contributed by atoms with E-state index in [0.29, 0.717) is 12.0 Å². The second kappa shape index (κ2) is 5.37. The van der Waals surface area contributed by atoms with Gasteiger partial charge in [-0.25, -0.2) is 0 Å². The highest BCUT2D eigenvalue weighted by Gasteiger charge is 2.55. The Kier molecular flexibility index (Phi) is 3.96. The van der Waals surface area contributed by atoms with Crippen molar-refractivity contribution in [1.29, 1.82) is 0 Å². The highest BCUT2D eigenvalue weighted by Crippen LogP contribution is 2.32. The number of nitrogens with zero attached hydrogens (tertiary/aromatic N) is 1. The minimum absolute atomic E-state index is 0.139. The van der Waals surface area contributed by atoms with Gasteiger partial charge < -0.3 is 0 Å². The predicted molar refractivity (Wildman–Crippen MR) is 66.2 cm³/mol. The van der Waals surface area contributed by atoms with Crippen molar-refractivity contribution >= 4 is 5.69 Å². The van der Waals surface area contributed by atoms with E-state index >= 15 is 0 Å². The van der Waals surface area contributed by atoms with Crippen molar-refractivity contribution in [3.63, 3.8) is 0 Å². The van der Waals surface area contributed by atoms with Crippen LogP contribution < -0.4 is 10.6 Å². The summed E-state index contributed by atoms with van der Waals surface area (Å²) in [5, 5.41) is 15.5. The molecule has 0 aromatic heterocycles. The topological polar surface area (TPSA) is 67.2 Å². The largest absolute Gasteiger partial charge is 0.420 e. The summed E-state index contributed by atoms with van der Waals surface area (Å²) in [6, 6.07) is 5.12. The molecule has 1 heterocycles. The molecule has 0 amide bonds. The standard InChI is InChI=1S/C12H14F3N3O2/c13-12(14,15)11(16-6-1-7-17-11)8-9-2-4-10(5-3-9)18(19)20/h2-5,16-17H,1,6-8H2. The fourth-order valence-corrected chi connectivity index (χ4v) is 2.22. The van der Waals surface area contributed by atoms with E-state index < -0.39 is 16.8 Å². The molecule has 0 bridgehead atoms. The summed E-state index contributed by atoms with van der Waals surface area (Å²) >= 11 is 0. The van der Waals surface area contributed by atoms with Crippen LogP contribution in [0.4, 0.5) is 18.9 Å². The average molecular weight is 289 g/mol. The number of halogens is 3. The summed E-state index contributed by atoms with van der Waals surface area (Å²) in [5.41, 5.74) is -1.92. The van der Waals surface area contributed by atoms with Gasteiger partial charge in [0.15, 0.2) is 5.66 Å². The molecule has 1 aromatic rings. The molecule has 0 spiro atoms. The van der Waals surface area contributed by atoms with Crippen molar-refractivity contribution in [1.82, 2.24) is 10.6 Å². The van der Waals surface area contributed by atoms with Crippen LogP contribution in [0.25, 0.3) is 0 Å². The van der Waals surface area contributed by atoms with Crippen LogP contribution in [0.1, 0.15) is 12.0 Å². The Morgan fingerprint density at radius 2 is 1.75 bits per heavy atom. The van der Waals surface area contributed by atoms with Gasteiger partial charge in [0.1, 0.15) is 0 Å². The van der Waals surface area contributed by atoms with Crippen LogP contribution in [0.2, 0.25) is 0 Å². The number of non-ortho nitro benzene ring substituents is 1. The van der Waals surface area contributed by atoms with Crippen molar-refractivity contribution in [2.45, 2.75) is 24.7 Å². The van der Waals surface area contributed by atoms with E-state index in [9.17, 15) is 23.3 Å². The molecule has 2 rings (SSSR count). The lowest BCUT2D eigenvalue weighted by atomic mass is 9.96. The molecule has 1 aromatic carbocycles. The van der Waals surface area contributed by atoms with Crippen LogP contribution in [-0.2, 0) is 6.42 Å². The number of hydrogen-bond acceptors (Lipinski definition) is 4. The lowest BCUT2D eigenvalue weighted by Crippen LogP contribution is -2.70. The average Bonchev–Trinajstić information content (AvgIpc) is 2.39. The number of nitro groups is 1. The molecule has 0 unspecified atom stereocenters. The number of nitro benzene ring substituents is 1.